The molecular weight excluding hydrogens is 370 g/mol. The lowest BCUT2D eigenvalue weighted by molar-refractivity contribution is 0.0650. The Labute approximate surface area is 173 Å². The SMILES string of the molecule is CC1C(c2ccc(Cl)cc2)=NOC1c1cc(C(C)(C)C)c(O)c(C(C)(C)C)c1. The number of rotatable bonds is 2. The Kier molecular flexibility index (Phi) is 5.26. The Morgan fingerprint density at radius 3 is 1.89 bits per heavy atom. The molecule has 0 amide bonds. The van der Waals surface area contributed by atoms with Gasteiger partial charge in [-0.25, -0.2) is 0 Å². The molecule has 1 aliphatic rings. The summed E-state index contributed by atoms with van der Waals surface area (Å²) < 4.78 is 0. The van der Waals surface area contributed by atoms with Crippen LogP contribution in [0.5, 0.6) is 5.75 Å². The first-order valence-electron chi connectivity index (χ1n) is 9.77. The van der Waals surface area contributed by atoms with Crippen molar-refractivity contribution in [1.29, 1.82) is 0 Å². The van der Waals surface area contributed by atoms with Crippen molar-refractivity contribution in [3.63, 3.8) is 0 Å². The standard InChI is InChI=1S/C24H30ClNO2/c1-14-20(15-8-10-17(25)11-9-15)26-28-22(14)16-12-18(23(2,3)4)21(27)19(13-16)24(5,6)7/h8-14,22,27H,1-7H3. The van der Waals surface area contributed by atoms with Crippen molar-refractivity contribution in [3.05, 3.63) is 63.7 Å². The van der Waals surface area contributed by atoms with Gasteiger partial charge in [-0.05, 0) is 57.3 Å². The number of benzene rings is 2. The number of phenolic OH excluding ortho intramolecular Hbond substituents is 1. The highest BCUT2D eigenvalue weighted by atomic mass is 35.5. The third-order valence-electron chi connectivity index (χ3n) is 5.37. The first-order valence-corrected chi connectivity index (χ1v) is 10.1. The largest absolute Gasteiger partial charge is 0.507 e. The molecule has 0 spiro atoms. The van der Waals surface area contributed by atoms with Crippen molar-refractivity contribution < 1.29 is 9.94 Å². The smallest absolute Gasteiger partial charge is 0.160 e. The Morgan fingerprint density at radius 2 is 1.43 bits per heavy atom. The topological polar surface area (TPSA) is 41.8 Å². The van der Waals surface area contributed by atoms with Crippen LogP contribution in [-0.2, 0) is 15.7 Å². The fourth-order valence-corrected chi connectivity index (χ4v) is 3.81. The summed E-state index contributed by atoms with van der Waals surface area (Å²) in [4.78, 5) is 5.90. The first kappa shape index (κ1) is 20.7. The summed E-state index contributed by atoms with van der Waals surface area (Å²) in [5.74, 6) is 0.472. The maximum absolute atomic E-state index is 11.0. The Bertz CT molecular complexity index is 867. The molecule has 2 unspecified atom stereocenters. The normalized spacial score (nSPS) is 20.1. The number of phenols is 1. The number of hydrogen-bond acceptors (Lipinski definition) is 3. The van der Waals surface area contributed by atoms with Gasteiger partial charge in [-0.15, -0.1) is 0 Å². The van der Waals surface area contributed by atoms with E-state index in [0.29, 0.717) is 10.8 Å². The highest BCUT2D eigenvalue weighted by Crippen LogP contribution is 2.44. The third kappa shape index (κ3) is 3.91. The molecule has 3 nitrogen and oxygen atoms in total. The van der Waals surface area contributed by atoms with Crippen LogP contribution in [0.15, 0.2) is 41.6 Å². The van der Waals surface area contributed by atoms with Gasteiger partial charge in [0.1, 0.15) is 5.75 Å². The van der Waals surface area contributed by atoms with E-state index in [1.165, 1.54) is 0 Å². The fourth-order valence-electron chi connectivity index (χ4n) is 3.68. The van der Waals surface area contributed by atoms with E-state index in [1.807, 2.05) is 24.3 Å². The monoisotopic (exact) mass is 399 g/mol. The van der Waals surface area contributed by atoms with E-state index in [2.05, 4.69) is 65.8 Å². The Balaban J connectivity index is 2.03. The molecule has 1 N–H and O–H groups in total. The van der Waals surface area contributed by atoms with Crippen molar-refractivity contribution in [2.75, 3.05) is 0 Å². The van der Waals surface area contributed by atoms with Crippen LogP contribution >= 0.6 is 11.6 Å². The van der Waals surface area contributed by atoms with Gasteiger partial charge in [0, 0.05) is 10.9 Å². The van der Waals surface area contributed by atoms with Crippen LogP contribution in [0.25, 0.3) is 0 Å². The molecule has 2 aromatic rings. The molecule has 0 bridgehead atoms. The van der Waals surface area contributed by atoms with Crippen molar-refractivity contribution in [1.82, 2.24) is 0 Å². The van der Waals surface area contributed by atoms with Crippen molar-refractivity contribution in [3.8, 4) is 5.75 Å². The molecule has 3 rings (SSSR count). The minimum Gasteiger partial charge on any atom is -0.507 e. The van der Waals surface area contributed by atoms with E-state index in [9.17, 15) is 5.11 Å². The number of nitrogens with zero attached hydrogens (tertiary/aromatic N) is 1. The lowest BCUT2D eigenvalue weighted by Gasteiger charge is -2.29. The minimum atomic E-state index is -0.187. The lowest BCUT2D eigenvalue weighted by Crippen LogP contribution is -2.20. The van der Waals surface area contributed by atoms with Gasteiger partial charge in [0.25, 0.3) is 0 Å². The maximum Gasteiger partial charge on any atom is 0.160 e. The van der Waals surface area contributed by atoms with Crippen LogP contribution in [0.1, 0.15) is 76.8 Å². The average molecular weight is 400 g/mol. The van der Waals surface area contributed by atoms with Crippen molar-refractivity contribution >= 4 is 17.3 Å². The third-order valence-corrected chi connectivity index (χ3v) is 5.62. The van der Waals surface area contributed by atoms with Gasteiger partial charge in [0.05, 0.1) is 5.71 Å². The number of aromatic hydroxyl groups is 1. The molecule has 0 aromatic heterocycles. The number of oxime groups is 1. The second-order valence-corrected chi connectivity index (χ2v) is 10.2. The Hall–Kier alpha value is -2.00. The highest BCUT2D eigenvalue weighted by molar-refractivity contribution is 6.30. The van der Waals surface area contributed by atoms with Crippen LogP contribution in [0, 0.1) is 5.92 Å². The lowest BCUT2D eigenvalue weighted by atomic mass is 9.77. The van der Waals surface area contributed by atoms with Gasteiger partial charge >= 0.3 is 0 Å². The van der Waals surface area contributed by atoms with Crippen molar-refractivity contribution in [2.24, 2.45) is 11.1 Å². The molecule has 0 radical (unpaired) electrons. The molecule has 2 atom stereocenters. The molecular formula is C24H30ClNO2. The van der Waals surface area contributed by atoms with E-state index >= 15 is 0 Å². The van der Waals surface area contributed by atoms with Crippen LogP contribution in [0.2, 0.25) is 5.02 Å². The summed E-state index contributed by atoms with van der Waals surface area (Å²) in [5.41, 5.74) is 4.50. The molecule has 4 heteroatoms. The maximum atomic E-state index is 11.0. The van der Waals surface area contributed by atoms with Crippen molar-refractivity contribution in [2.45, 2.75) is 65.4 Å². The molecule has 150 valence electrons. The van der Waals surface area contributed by atoms with Crippen LogP contribution in [-0.4, -0.2) is 10.8 Å². The molecule has 28 heavy (non-hydrogen) atoms. The van der Waals surface area contributed by atoms with Gasteiger partial charge in [-0.2, -0.15) is 0 Å². The summed E-state index contributed by atoms with van der Waals surface area (Å²) in [6.45, 7) is 14.8. The summed E-state index contributed by atoms with van der Waals surface area (Å²) in [7, 11) is 0. The predicted molar refractivity (Wildman–Crippen MR) is 116 cm³/mol. The van der Waals surface area contributed by atoms with Crippen LogP contribution in [0.4, 0.5) is 0 Å². The second kappa shape index (κ2) is 7.11. The zero-order valence-electron chi connectivity index (χ0n) is 17.8. The Morgan fingerprint density at radius 1 is 0.929 bits per heavy atom. The molecule has 0 saturated heterocycles. The molecule has 0 fully saturated rings. The number of hydrogen-bond donors (Lipinski definition) is 1. The van der Waals surface area contributed by atoms with E-state index < -0.39 is 0 Å². The highest BCUT2D eigenvalue weighted by Gasteiger charge is 2.35. The summed E-state index contributed by atoms with van der Waals surface area (Å²) >= 11 is 6.02. The van der Waals surface area contributed by atoms with Gasteiger partial charge in [0.2, 0.25) is 0 Å². The van der Waals surface area contributed by atoms with E-state index in [4.69, 9.17) is 16.4 Å². The zero-order chi connectivity index (χ0) is 20.9. The first-order chi connectivity index (χ1) is 12.9. The molecule has 1 heterocycles. The van der Waals surface area contributed by atoms with Gasteiger partial charge in [-0.1, -0.05) is 77.4 Å². The minimum absolute atomic E-state index is 0.0892. The van der Waals surface area contributed by atoms with E-state index in [0.717, 1.165) is 28.0 Å². The summed E-state index contributed by atoms with van der Waals surface area (Å²) in [5, 5.41) is 16.1. The second-order valence-electron chi connectivity index (χ2n) is 9.76. The number of halogens is 1. The molecule has 2 aromatic carbocycles. The van der Waals surface area contributed by atoms with Gasteiger partial charge < -0.3 is 9.94 Å². The van der Waals surface area contributed by atoms with Gasteiger partial charge in [0.15, 0.2) is 6.10 Å². The molecule has 0 saturated carbocycles. The summed E-state index contributed by atoms with van der Waals surface area (Å²) in [6, 6.07) is 11.8. The van der Waals surface area contributed by atoms with E-state index in [1.54, 1.807) is 0 Å². The molecule has 1 aliphatic heterocycles. The quantitative estimate of drug-likeness (QED) is 0.606. The molecule has 0 aliphatic carbocycles. The zero-order valence-corrected chi connectivity index (χ0v) is 18.6. The predicted octanol–water partition coefficient (Wildman–Crippen LogP) is 6.75. The average Bonchev–Trinajstić information content (AvgIpc) is 2.95. The van der Waals surface area contributed by atoms with Gasteiger partial charge in [-0.3, -0.25) is 0 Å². The van der Waals surface area contributed by atoms with Crippen LogP contribution in [0.3, 0.4) is 0 Å². The van der Waals surface area contributed by atoms with E-state index in [-0.39, 0.29) is 22.9 Å². The van der Waals surface area contributed by atoms with Crippen LogP contribution < -0.4 is 0 Å². The summed E-state index contributed by atoms with van der Waals surface area (Å²) in [6.07, 6.45) is -0.187. The fraction of sp³-hybridized carbons (Fsp3) is 0.458.